The Bertz CT molecular complexity index is 1950. The van der Waals surface area contributed by atoms with E-state index in [4.69, 9.17) is 6.42 Å². The Kier molecular flexibility index (Phi) is 11.3. The predicted octanol–water partition coefficient (Wildman–Crippen LogP) is 7.35. The average Bonchev–Trinajstić information content (AvgIpc) is 3.83. The van der Waals surface area contributed by atoms with Gasteiger partial charge < -0.3 is 19.9 Å². The Balaban J connectivity index is 1.55. The largest absolute Gasteiger partial charge is 0.481 e. The predicted molar refractivity (Wildman–Crippen MR) is 183 cm³/mol. The number of nitrogens with one attached hydrogen (secondary N) is 1. The van der Waals surface area contributed by atoms with Crippen LogP contribution < -0.4 is 10.9 Å². The summed E-state index contributed by atoms with van der Waals surface area (Å²) < 4.78 is 90.1. The molecule has 1 saturated heterocycles. The Morgan fingerprint density at radius 3 is 2.19 bits per heavy atom. The number of carboxylic acids is 1. The normalized spacial score (nSPS) is 16.3. The van der Waals surface area contributed by atoms with E-state index in [0.29, 0.717) is 25.1 Å². The number of aliphatic carboxylic acids is 1. The van der Waals surface area contributed by atoms with Crippen LogP contribution in [0.5, 0.6) is 0 Å². The van der Waals surface area contributed by atoms with E-state index in [1.165, 1.54) is 13.8 Å². The zero-order valence-corrected chi connectivity index (χ0v) is 29.3. The smallest absolute Gasteiger partial charge is 0.416 e. The van der Waals surface area contributed by atoms with Crippen LogP contribution in [0.15, 0.2) is 35.3 Å². The third kappa shape index (κ3) is 8.55. The SMILES string of the molecule is C#Cc1cc(-c2c(C)cc(F)cc2C)c(F)c([C@H](CC(=O)O)NC(=O)[C@@H](CC(C)C)n2cc(CC3CN(CC4CC4)C3)c(C(F)(F)F)cc2=O)c1F. The molecule has 1 amide bonds. The first-order valence-electron chi connectivity index (χ1n) is 17.2. The van der Waals surface area contributed by atoms with Gasteiger partial charge in [-0.1, -0.05) is 19.8 Å². The fourth-order valence-corrected chi connectivity index (χ4v) is 7.24. The molecule has 278 valence electrons. The van der Waals surface area contributed by atoms with Crippen LogP contribution in [0.3, 0.4) is 0 Å². The molecule has 1 saturated carbocycles. The van der Waals surface area contributed by atoms with E-state index in [-0.39, 0.29) is 52.5 Å². The van der Waals surface area contributed by atoms with Crippen molar-refractivity contribution < 1.29 is 41.0 Å². The first-order valence-corrected chi connectivity index (χ1v) is 17.2. The minimum absolute atomic E-state index is 0.00818. The highest BCUT2D eigenvalue weighted by atomic mass is 19.4. The van der Waals surface area contributed by atoms with Crippen molar-refractivity contribution in [1.82, 2.24) is 14.8 Å². The van der Waals surface area contributed by atoms with Crippen LogP contribution in [-0.2, 0) is 22.2 Å². The first kappa shape index (κ1) is 38.7. The molecule has 0 spiro atoms. The van der Waals surface area contributed by atoms with Gasteiger partial charge in [-0.15, -0.1) is 6.42 Å². The van der Waals surface area contributed by atoms with E-state index >= 15 is 8.78 Å². The van der Waals surface area contributed by atoms with Gasteiger partial charge >= 0.3 is 12.1 Å². The summed E-state index contributed by atoms with van der Waals surface area (Å²) in [5, 5.41) is 12.2. The minimum atomic E-state index is -4.84. The lowest BCUT2D eigenvalue weighted by Crippen LogP contribution is -2.48. The zero-order chi connectivity index (χ0) is 38.2. The Morgan fingerprint density at radius 2 is 1.65 bits per heavy atom. The second-order valence-corrected chi connectivity index (χ2v) is 14.6. The number of aromatic nitrogens is 1. The van der Waals surface area contributed by atoms with E-state index in [1.807, 2.05) is 0 Å². The lowest BCUT2D eigenvalue weighted by atomic mass is 9.89. The van der Waals surface area contributed by atoms with Gasteiger partial charge in [-0.25, -0.2) is 13.2 Å². The van der Waals surface area contributed by atoms with Crippen LogP contribution in [0.4, 0.5) is 26.3 Å². The molecule has 3 aromatic rings. The molecule has 2 aliphatic rings. The Hall–Kier alpha value is -4.57. The molecule has 7 nitrogen and oxygen atoms in total. The van der Waals surface area contributed by atoms with Crippen LogP contribution >= 0.6 is 0 Å². The number of hydrogen-bond acceptors (Lipinski definition) is 4. The van der Waals surface area contributed by atoms with Gasteiger partial charge in [0.2, 0.25) is 5.91 Å². The van der Waals surface area contributed by atoms with E-state index in [2.05, 4.69) is 16.1 Å². The van der Waals surface area contributed by atoms with Gasteiger partial charge in [0.1, 0.15) is 23.5 Å². The highest BCUT2D eigenvalue weighted by Crippen LogP contribution is 2.39. The lowest BCUT2D eigenvalue weighted by Gasteiger charge is -2.40. The van der Waals surface area contributed by atoms with Gasteiger partial charge in [-0.3, -0.25) is 14.4 Å². The maximum atomic E-state index is 16.5. The quantitative estimate of drug-likeness (QED) is 0.142. The summed E-state index contributed by atoms with van der Waals surface area (Å²) in [7, 11) is 0. The molecule has 0 unspecified atom stereocenters. The molecule has 0 bridgehead atoms. The fraction of sp³-hybridized carbons (Fsp3) is 0.462. The third-order valence-electron chi connectivity index (χ3n) is 9.76. The van der Waals surface area contributed by atoms with E-state index in [0.717, 1.165) is 48.3 Å². The van der Waals surface area contributed by atoms with Crippen molar-refractivity contribution in [2.75, 3.05) is 19.6 Å². The van der Waals surface area contributed by atoms with Gasteiger partial charge in [-0.2, -0.15) is 13.2 Å². The first-order chi connectivity index (χ1) is 24.4. The molecule has 1 aliphatic heterocycles. The van der Waals surface area contributed by atoms with E-state index in [1.54, 1.807) is 13.8 Å². The van der Waals surface area contributed by atoms with Crippen LogP contribution in [0.1, 0.15) is 85.0 Å². The number of halogens is 6. The summed E-state index contributed by atoms with van der Waals surface area (Å²) in [6, 6.07) is 0.433. The highest BCUT2D eigenvalue weighted by molar-refractivity contribution is 5.82. The van der Waals surface area contributed by atoms with Gasteiger partial charge in [0.15, 0.2) is 0 Å². The third-order valence-corrected chi connectivity index (χ3v) is 9.76. The molecule has 52 heavy (non-hydrogen) atoms. The molecule has 5 rings (SSSR count). The van der Waals surface area contributed by atoms with Gasteiger partial charge in [0.05, 0.1) is 23.6 Å². The van der Waals surface area contributed by atoms with Crippen molar-refractivity contribution in [3.63, 3.8) is 0 Å². The van der Waals surface area contributed by atoms with Gasteiger partial charge in [0.25, 0.3) is 5.56 Å². The van der Waals surface area contributed by atoms with E-state index < -0.39 is 76.3 Å². The Morgan fingerprint density at radius 1 is 1.02 bits per heavy atom. The summed E-state index contributed by atoms with van der Waals surface area (Å²) in [6.07, 6.45) is 2.93. The molecule has 0 radical (unpaired) electrons. The molecule has 2 atom stereocenters. The number of nitrogens with zero attached hydrogens (tertiary/aromatic N) is 2. The zero-order valence-electron chi connectivity index (χ0n) is 29.3. The molecule has 2 N–H and O–H groups in total. The summed E-state index contributed by atoms with van der Waals surface area (Å²) in [4.78, 5) is 41.7. The molecular formula is C39H41F6N3O4. The molecule has 2 heterocycles. The summed E-state index contributed by atoms with van der Waals surface area (Å²) >= 11 is 0. The molecule has 2 aromatic carbocycles. The number of alkyl halides is 3. The summed E-state index contributed by atoms with van der Waals surface area (Å²) in [5.41, 5.74) is -3.21. The number of pyridine rings is 1. The fourth-order valence-electron chi connectivity index (χ4n) is 7.24. The number of amides is 1. The highest BCUT2D eigenvalue weighted by Gasteiger charge is 2.39. The molecule has 1 aliphatic carbocycles. The van der Waals surface area contributed by atoms with Crippen molar-refractivity contribution in [2.24, 2.45) is 17.8 Å². The number of likely N-dealkylation sites (tertiary alicyclic amines) is 1. The molecule has 2 fully saturated rings. The lowest BCUT2D eigenvalue weighted by molar-refractivity contribution is -0.139. The monoisotopic (exact) mass is 729 g/mol. The summed E-state index contributed by atoms with van der Waals surface area (Å²) in [5.74, 6) is -3.40. The van der Waals surface area contributed by atoms with Crippen molar-refractivity contribution in [2.45, 2.75) is 78.1 Å². The average molecular weight is 730 g/mol. The second kappa shape index (κ2) is 15.2. The number of aryl methyl sites for hydroxylation is 2. The van der Waals surface area contributed by atoms with Crippen molar-refractivity contribution in [3.8, 4) is 23.5 Å². The van der Waals surface area contributed by atoms with Crippen molar-refractivity contribution in [3.05, 3.63) is 91.6 Å². The number of carbonyl (C=O) groups excluding carboxylic acids is 1. The van der Waals surface area contributed by atoms with E-state index in [9.17, 15) is 37.1 Å². The van der Waals surface area contributed by atoms with Crippen molar-refractivity contribution in [1.29, 1.82) is 0 Å². The minimum Gasteiger partial charge on any atom is -0.481 e. The number of rotatable bonds is 13. The topological polar surface area (TPSA) is 91.6 Å². The number of hydrogen-bond donors (Lipinski definition) is 2. The van der Waals surface area contributed by atoms with Crippen molar-refractivity contribution >= 4 is 11.9 Å². The number of terminal acetylenes is 1. The molecule has 13 heteroatoms. The summed E-state index contributed by atoms with van der Waals surface area (Å²) in [6.45, 7) is 8.53. The number of carbonyl (C=O) groups is 2. The Labute approximate surface area is 298 Å². The standard InChI is InChI=1S/C39H41F6N3O4/c1-6-25-13-28(34-21(4)10-27(40)11-22(34)5)37(42)35(36(25)41)30(15-33(50)51)46-38(52)31(9-20(2)3)48-19-26(29(14-32(48)49)39(43,44)45)12-24-17-47(18-24)16-23-7-8-23/h1,10-11,13-14,19-20,23-24,30-31H,7-9,12,15-18H2,2-5H3,(H,46,52)(H,50,51)/t30-,31+/m0/s1. The molecular weight excluding hydrogens is 688 g/mol. The van der Waals surface area contributed by atoms with Crippen LogP contribution in [0.2, 0.25) is 0 Å². The molecule has 1 aromatic heterocycles. The second-order valence-electron chi connectivity index (χ2n) is 14.6. The maximum absolute atomic E-state index is 16.5. The van der Waals surface area contributed by atoms with Crippen LogP contribution in [0.25, 0.3) is 11.1 Å². The number of benzene rings is 2. The van der Waals surface area contributed by atoms with Gasteiger partial charge in [0, 0.05) is 43.0 Å². The number of carboxylic acid groups (broad SMARTS) is 1. The van der Waals surface area contributed by atoms with Crippen LogP contribution in [-0.4, -0.2) is 46.1 Å². The van der Waals surface area contributed by atoms with Crippen LogP contribution in [0, 0.1) is 61.4 Å². The maximum Gasteiger partial charge on any atom is 0.416 e. The van der Waals surface area contributed by atoms with Gasteiger partial charge in [-0.05, 0) is 97.7 Å².